The second-order valence-corrected chi connectivity index (χ2v) is 12.2. The minimum atomic E-state index is -3.41. The Morgan fingerprint density at radius 1 is 1.13 bits per heavy atom. The number of hydrogen-bond donors (Lipinski definition) is 1. The summed E-state index contributed by atoms with van der Waals surface area (Å²) in [6.07, 6.45) is 2.81. The lowest BCUT2D eigenvalue weighted by atomic mass is 9.94. The molecule has 0 aliphatic heterocycles. The number of carbonyl (C=O) groups excluding carboxylic acids is 1. The molecule has 0 atom stereocenters. The third-order valence-electron chi connectivity index (χ3n) is 6.53. The molecule has 4 aromatic rings. The average molecular weight is 582 g/mol. The molecule has 0 bridgehead atoms. The second-order valence-electron chi connectivity index (χ2n) is 9.14. The summed E-state index contributed by atoms with van der Waals surface area (Å²) in [5, 5.41) is 16.7. The van der Waals surface area contributed by atoms with E-state index in [1.54, 1.807) is 49.4 Å². The molecule has 198 valence electrons. The Morgan fingerprint density at radius 3 is 2.38 bits per heavy atom. The largest absolute Gasteiger partial charge is 0.334 e. The monoisotopic (exact) mass is 581 g/mol. The fraction of sp³-hybridized carbons (Fsp3) is 0.222. The molecule has 5 rings (SSSR count). The van der Waals surface area contributed by atoms with Crippen molar-refractivity contribution in [3.05, 3.63) is 87.3 Å². The van der Waals surface area contributed by atoms with Gasteiger partial charge in [-0.05, 0) is 60.9 Å². The highest BCUT2D eigenvalue weighted by molar-refractivity contribution is 7.91. The highest BCUT2D eigenvalue weighted by atomic mass is 35.5. The Bertz CT molecular complexity index is 1690. The molecule has 1 fully saturated rings. The maximum absolute atomic E-state index is 12.6. The number of nitrogens with zero attached hydrogens (tertiary/aromatic N) is 4. The van der Waals surface area contributed by atoms with Gasteiger partial charge in [-0.15, -0.1) is 0 Å². The molecular formula is C27H21Cl2N5O4S. The number of nitriles is 1. The van der Waals surface area contributed by atoms with Gasteiger partial charge in [0.1, 0.15) is 0 Å². The van der Waals surface area contributed by atoms with Crippen LogP contribution in [0.4, 0.5) is 5.69 Å². The Hall–Kier alpha value is -3.78. The van der Waals surface area contributed by atoms with E-state index in [-0.39, 0.29) is 23.1 Å². The number of pyridine rings is 1. The van der Waals surface area contributed by atoms with E-state index < -0.39 is 15.3 Å². The lowest BCUT2D eigenvalue weighted by Gasteiger charge is -2.17. The summed E-state index contributed by atoms with van der Waals surface area (Å²) < 4.78 is 29.4. The van der Waals surface area contributed by atoms with Crippen molar-refractivity contribution in [3.8, 4) is 17.5 Å². The predicted octanol–water partition coefficient (Wildman–Crippen LogP) is 5.36. The first-order valence-corrected chi connectivity index (χ1v) is 14.4. The SMILES string of the molecule is CCS(=O)(=O)c1ccc(CC(=O)Nc2cc(Cl)c(C3(c4noc(-c5ccc(C#N)cc5)n4)CC3)c(Cl)c2)cn1. The zero-order valence-electron chi connectivity index (χ0n) is 20.6. The molecule has 1 aliphatic rings. The molecule has 1 aliphatic carbocycles. The van der Waals surface area contributed by atoms with Crippen LogP contribution in [0.25, 0.3) is 11.5 Å². The maximum Gasteiger partial charge on any atom is 0.257 e. The second kappa shape index (κ2) is 10.4. The molecule has 2 aromatic heterocycles. The number of benzene rings is 2. The van der Waals surface area contributed by atoms with Crippen molar-refractivity contribution < 1.29 is 17.7 Å². The van der Waals surface area contributed by atoms with Crippen LogP contribution in [0, 0.1) is 11.3 Å². The average Bonchev–Trinajstić information content (AvgIpc) is 3.54. The van der Waals surface area contributed by atoms with Gasteiger partial charge in [0.2, 0.25) is 5.91 Å². The molecule has 0 radical (unpaired) electrons. The number of amides is 1. The number of carbonyl (C=O) groups is 1. The summed E-state index contributed by atoms with van der Waals surface area (Å²) >= 11 is 13.3. The molecule has 0 unspecified atom stereocenters. The third kappa shape index (κ3) is 5.39. The molecule has 0 saturated heterocycles. The molecule has 12 heteroatoms. The van der Waals surface area contributed by atoms with Crippen LogP contribution >= 0.6 is 23.2 Å². The van der Waals surface area contributed by atoms with Crippen molar-refractivity contribution in [3.63, 3.8) is 0 Å². The van der Waals surface area contributed by atoms with Gasteiger partial charge >= 0.3 is 0 Å². The summed E-state index contributed by atoms with van der Waals surface area (Å²) in [5.74, 6) is 0.397. The van der Waals surface area contributed by atoms with Crippen molar-refractivity contribution in [2.75, 3.05) is 11.1 Å². The van der Waals surface area contributed by atoms with Crippen LogP contribution in [0.1, 0.15) is 42.3 Å². The Kier molecular flexibility index (Phi) is 7.16. The fourth-order valence-corrected chi connectivity index (χ4v) is 5.91. The Balaban J connectivity index is 1.32. The van der Waals surface area contributed by atoms with E-state index in [9.17, 15) is 13.2 Å². The van der Waals surface area contributed by atoms with Gasteiger partial charge in [0.15, 0.2) is 20.7 Å². The van der Waals surface area contributed by atoms with Crippen LogP contribution in [-0.4, -0.2) is 35.2 Å². The number of anilines is 1. The van der Waals surface area contributed by atoms with Crippen molar-refractivity contribution in [2.45, 2.75) is 36.6 Å². The van der Waals surface area contributed by atoms with Crippen LogP contribution < -0.4 is 5.32 Å². The van der Waals surface area contributed by atoms with Crippen LogP contribution in [0.3, 0.4) is 0 Å². The van der Waals surface area contributed by atoms with Gasteiger partial charge in [0, 0.05) is 33.1 Å². The van der Waals surface area contributed by atoms with Crippen LogP contribution in [-0.2, 0) is 26.5 Å². The van der Waals surface area contributed by atoms with Crippen molar-refractivity contribution in [2.24, 2.45) is 0 Å². The van der Waals surface area contributed by atoms with Crippen molar-refractivity contribution in [1.29, 1.82) is 5.26 Å². The number of hydrogen-bond acceptors (Lipinski definition) is 8. The van der Waals surface area contributed by atoms with Crippen molar-refractivity contribution in [1.82, 2.24) is 15.1 Å². The van der Waals surface area contributed by atoms with Crippen molar-refractivity contribution >= 4 is 44.6 Å². The molecule has 39 heavy (non-hydrogen) atoms. The summed E-state index contributed by atoms with van der Waals surface area (Å²) in [4.78, 5) is 21.2. The number of halogens is 2. The first-order valence-electron chi connectivity index (χ1n) is 12.0. The molecule has 2 aromatic carbocycles. The van der Waals surface area contributed by atoms with Gasteiger partial charge in [0.05, 0.1) is 29.2 Å². The van der Waals surface area contributed by atoms with Gasteiger partial charge in [-0.1, -0.05) is 41.3 Å². The fourth-order valence-electron chi connectivity index (χ4n) is 4.27. The Labute approximate surface area is 234 Å². The van der Waals surface area contributed by atoms with Gasteiger partial charge in [-0.3, -0.25) is 4.79 Å². The summed E-state index contributed by atoms with van der Waals surface area (Å²) in [5.41, 5.74) is 2.25. The van der Waals surface area contributed by atoms with E-state index in [2.05, 4.69) is 26.5 Å². The first-order chi connectivity index (χ1) is 18.6. The van der Waals surface area contributed by atoms with Gasteiger partial charge < -0.3 is 9.84 Å². The highest BCUT2D eigenvalue weighted by Crippen LogP contribution is 2.57. The number of aromatic nitrogens is 3. The highest BCUT2D eigenvalue weighted by Gasteiger charge is 2.52. The molecule has 1 N–H and O–H groups in total. The third-order valence-corrected chi connectivity index (χ3v) is 8.77. The molecule has 2 heterocycles. The van der Waals surface area contributed by atoms with Crippen LogP contribution in [0.5, 0.6) is 0 Å². The van der Waals surface area contributed by atoms with E-state index in [1.165, 1.54) is 12.3 Å². The zero-order chi connectivity index (χ0) is 27.8. The van der Waals surface area contributed by atoms with Gasteiger partial charge in [0.25, 0.3) is 5.89 Å². The molecule has 0 spiro atoms. The molecular weight excluding hydrogens is 561 g/mol. The standard InChI is InChI=1S/C27H21Cl2N5O4S/c1-2-39(36,37)23-8-5-17(15-31-23)11-22(35)32-19-12-20(28)24(21(29)13-19)27(9-10-27)26-33-25(38-34-26)18-6-3-16(14-30)4-7-18/h3-8,12-13,15H,2,9-11H2,1H3,(H,32,35). The lowest BCUT2D eigenvalue weighted by molar-refractivity contribution is -0.115. The minimum absolute atomic E-state index is 0.0125. The Morgan fingerprint density at radius 2 is 1.82 bits per heavy atom. The summed E-state index contributed by atoms with van der Waals surface area (Å²) in [6, 6.07) is 15.1. The summed E-state index contributed by atoms with van der Waals surface area (Å²) in [6.45, 7) is 1.54. The number of rotatable bonds is 8. The molecule has 9 nitrogen and oxygen atoms in total. The molecule has 1 amide bonds. The van der Waals surface area contributed by atoms with Crippen LogP contribution in [0.15, 0.2) is 64.3 Å². The normalized spacial score (nSPS) is 14.0. The van der Waals surface area contributed by atoms with E-state index in [4.69, 9.17) is 33.0 Å². The van der Waals surface area contributed by atoms with E-state index in [0.717, 1.165) is 12.8 Å². The van der Waals surface area contributed by atoms with Crippen LogP contribution in [0.2, 0.25) is 10.0 Å². The van der Waals surface area contributed by atoms with Gasteiger partial charge in [-0.2, -0.15) is 10.2 Å². The smallest absolute Gasteiger partial charge is 0.257 e. The lowest BCUT2D eigenvalue weighted by Crippen LogP contribution is -2.16. The quantitative estimate of drug-likeness (QED) is 0.293. The molecule has 1 saturated carbocycles. The van der Waals surface area contributed by atoms with E-state index in [1.807, 2.05) is 0 Å². The van der Waals surface area contributed by atoms with E-state index in [0.29, 0.717) is 49.7 Å². The topological polar surface area (TPSA) is 139 Å². The summed E-state index contributed by atoms with van der Waals surface area (Å²) in [7, 11) is -3.41. The minimum Gasteiger partial charge on any atom is -0.334 e. The maximum atomic E-state index is 12.6. The van der Waals surface area contributed by atoms with Gasteiger partial charge in [-0.25, -0.2) is 13.4 Å². The zero-order valence-corrected chi connectivity index (χ0v) is 22.9. The number of sulfone groups is 1. The predicted molar refractivity (Wildman–Crippen MR) is 145 cm³/mol. The first kappa shape index (κ1) is 26.8. The van der Waals surface area contributed by atoms with E-state index >= 15 is 0 Å². The number of nitrogens with one attached hydrogen (secondary N) is 1.